The van der Waals surface area contributed by atoms with Crippen LogP contribution in [0.2, 0.25) is 13.1 Å². The Morgan fingerprint density at radius 1 is 1.07 bits per heavy atom. The van der Waals surface area contributed by atoms with Crippen molar-refractivity contribution in [3.05, 3.63) is 105 Å². The standard InChI is InChI=1S/C42H50F2N3O8Si/c1-41(2,3)39(55-56(4)5)37-23-47(51,26-54-37)29-13-14-36(33(44)19-29)53-25-42(50)15-17-45(18-16-42)35-21-34-30(20-32(35)43)38(48)31(22-46(34)28-11-12-28)40(49)52-24-27-9-7-6-8-10-27/h6-10,13-14,19-22,28,37,39,50H,11-12,15-18,23-26H2,1-5H3. The predicted octanol–water partition coefficient (Wildman–Crippen LogP) is 7.23. The molecule has 1 aromatic heterocycles. The Balaban J connectivity index is 1.00. The molecule has 0 amide bonds. The van der Waals surface area contributed by atoms with Crippen LogP contribution in [0.1, 0.15) is 68.4 Å². The lowest BCUT2D eigenvalue weighted by Gasteiger charge is -2.39. The van der Waals surface area contributed by atoms with Crippen LogP contribution in [0.5, 0.6) is 5.75 Å². The highest BCUT2D eigenvalue weighted by Crippen LogP contribution is 2.40. The summed E-state index contributed by atoms with van der Waals surface area (Å²) in [7, 11) is -1.06. The van der Waals surface area contributed by atoms with Crippen molar-refractivity contribution >= 4 is 37.3 Å². The summed E-state index contributed by atoms with van der Waals surface area (Å²) < 4.78 is 55.7. The molecule has 3 unspecified atom stereocenters. The summed E-state index contributed by atoms with van der Waals surface area (Å²) in [5.41, 5.74) is -0.511. The van der Waals surface area contributed by atoms with Crippen LogP contribution < -0.4 is 19.7 Å². The van der Waals surface area contributed by atoms with Crippen molar-refractivity contribution in [2.45, 2.75) is 90.0 Å². The number of carbonyl (C=O) groups excluding carboxylic acids is 1. The third-order valence-corrected chi connectivity index (χ3v) is 11.6. The number of hydrogen-bond acceptors (Lipinski definition) is 9. The number of fused-ring (bicyclic) bond motifs is 1. The highest BCUT2D eigenvalue weighted by Gasteiger charge is 2.44. The number of carbonyl (C=O) groups is 1. The number of hydroxylamine groups is 2. The Bertz CT molecular complexity index is 2130. The number of esters is 1. The van der Waals surface area contributed by atoms with Gasteiger partial charge >= 0.3 is 5.97 Å². The van der Waals surface area contributed by atoms with E-state index in [-0.39, 0.29) is 98.1 Å². The molecule has 1 aliphatic carbocycles. The van der Waals surface area contributed by atoms with Crippen molar-refractivity contribution in [3.8, 4) is 5.75 Å². The minimum Gasteiger partial charge on any atom is -0.626 e. The zero-order chi connectivity index (χ0) is 40.0. The second-order valence-electron chi connectivity index (χ2n) is 16.7. The summed E-state index contributed by atoms with van der Waals surface area (Å²) >= 11 is 0. The van der Waals surface area contributed by atoms with Crippen molar-refractivity contribution in [1.29, 1.82) is 0 Å². The first-order chi connectivity index (χ1) is 26.5. The van der Waals surface area contributed by atoms with Gasteiger partial charge in [-0.25, -0.2) is 13.6 Å². The van der Waals surface area contributed by atoms with Gasteiger partial charge < -0.3 is 43.1 Å². The fourth-order valence-electron chi connectivity index (χ4n) is 7.62. The zero-order valence-corrected chi connectivity index (χ0v) is 33.6. The van der Waals surface area contributed by atoms with E-state index in [1.54, 1.807) is 6.07 Å². The topological polar surface area (TPSA) is 123 Å². The fourth-order valence-corrected chi connectivity index (χ4v) is 8.64. The molecule has 1 saturated carbocycles. The van der Waals surface area contributed by atoms with Crippen LogP contribution in [-0.2, 0) is 20.5 Å². The molecule has 0 spiro atoms. The van der Waals surface area contributed by atoms with Gasteiger partial charge in [0, 0.05) is 42.8 Å². The maximum absolute atomic E-state index is 15.8. The van der Waals surface area contributed by atoms with E-state index in [1.807, 2.05) is 73.7 Å². The summed E-state index contributed by atoms with van der Waals surface area (Å²) in [6.45, 7) is 10.5. The molecule has 56 heavy (non-hydrogen) atoms. The summed E-state index contributed by atoms with van der Waals surface area (Å²) in [4.78, 5) is 28.4. The predicted molar refractivity (Wildman–Crippen MR) is 212 cm³/mol. The van der Waals surface area contributed by atoms with Crippen LogP contribution in [0.15, 0.2) is 71.7 Å². The van der Waals surface area contributed by atoms with Gasteiger partial charge in [-0.3, -0.25) is 4.79 Å². The molecule has 0 bridgehead atoms. The number of piperidine rings is 1. The zero-order valence-electron chi connectivity index (χ0n) is 32.6. The molecular formula is C42H50F2N3O8Si. The molecule has 4 aromatic rings. The van der Waals surface area contributed by atoms with Gasteiger partial charge in [0.2, 0.25) is 14.5 Å². The number of halogens is 2. The molecule has 3 atom stereocenters. The van der Waals surface area contributed by atoms with Crippen molar-refractivity contribution in [3.63, 3.8) is 0 Å². The lowest BCUT2D eigenvalue weighted by molar-refractivity contribution is -0.0382. The molecule has 3 fully saturated rings. The molecule has 2 saturated heterocycles. The Labute approximate surface area is 327 Å². The highest BCUT2D eigenvalue weighted by atomic mass is 28.3. The van der Waals surface area contributed by atoms with Gasteiger partial charge in [-0.05, 0) is 68.0 Å². The van der Waals surface area contributed by atoms with E-state index in [0.717, 1.165) is 18.4 Å². The van der Waals surface area contributed by atoms with Crippen molar-refractivity contribution in [2.24, 2.45) is 5.41 Å². The molecule has 14 heteroatoms. The molecule has 1 N–H and O–H groups in total. The Kier molecular flexibility index (Phi) is 11.2. The van der Waals surface area contributed by atoms with Crippen molar-refractivity contribution in [1.82, 2.24) is 9.21 Å². The van der Waals surface area contributed by atoms with Crippen LogP contribution in [0.4, 0.5) is 20.2 Å². The number of hydrogen-bond donors (Lipinski definition) is 1. The second-order valence-corrected chi connectivity index (χ2v) is 18.8. The van der Waals surface area contributed by atoms with Crippen LogP contribution in [0.25, 0.3) is 10.9 Å². The average molecular weight is 791 g/mol. The van der Waals surface area contributed by atoms with Crippen molar-refractivity contribution in [2.75, 3.05) is 37.9 Å². The van der Waals surface area contributed by atoms with E-state index in [0.29, 0.717) is 5.52 Å². The molecular weight excluding hydrogens is 741 g/mol. The van der Waals surface area contributed by atoms with E-state index >= 15 is 8.78 Å². The number of quaternary nitrogens is 1. The number of benzene rings is 3. The largest absolute Gasteiger partial charge is 0.626 e. The number of pyridine rings is 1. The first-order valence-corrected chi connectivity index (χ1v) is 21.6. The van der Waals surface area contributed by atoms with Crippen LogP contribution in [-0.4, -0.2) is 75.5 Å². The summed E-state index contributed by atoms with van der Waals surface area (Å²) in [5, 5.41) is 25.4. The van der Waals surface area contributed by atoms with E-state index in [9.17, 15) is 19.9 Å². The number of nitrogens with zero attached hydrogens (tertiary/aromatic N) is 3. The molecule has 3 aromatic carbocycles. The number of aliphatic hydroxyl groups is 1. The third-order valence-electron chi connectivity index (χ3n) is 10.9. The Hall–Kier alpha value is -4.18. The van der Waals surface area contributed by atoms with Gasteiger partial charge in [0.15, 0.2) is 18.3 Å². The molecule has 299 valence electrons. The van der Waals surface area contributed by atoms with Crippen LogP contribution >= 0.6 is 0 Å². The molecule has 3 aliphatic rings. The van der Waals surface area contributed by atoms with Gasteiger partial charge in [-0.15, -0.1) is 0 Å². The number of aromatic nitrogens is 1. The first-order valence-electron chi connectivity index (χ1n) is 19.2. The van der Waals surface area contributed by atoms with Crippen molar-refractivity contribution < 1.29 is 37.3 Å². The maximum Gasteiger partial charge on any atom is 0.343 e. The summed E-state index contributed by atoms with van der Waals surface area (Å²) in [5.74, 6) is -2.19. The first kappa shape index (κ1) is 40.0. The lowest BCUT2D eigenvalue weighted by Crippen LogP contribution is -2.48. The van der Waals surface area contributed by atoms with Gasteiger partial charge in [0.1, 0.15) is 48.5 Å². The van der Waals surface area contributed by atoms with Gasteiger partial charge in [0.05, 0.1) is 17.3 Å². The minimum atomic E-state index is -1.32. The molecule has 2 aliphatic heterocycles. The number of rotatable bonds is 12. The van der Waals surface area contributed by atoms with Gasteiger partial charge in [0.25, 0.3) is 0 Å². The lowest BCUT2D eigenvalue weighted by atomic mass is 9.86. The summed E-state index contributed by atoms with van der Waals surface area (Å²) in [6, 6.07) is 16.2. The molecule has 11 nitrogen and oxygen atoms in total. The Morgan fingerprint density at radius 3 is 2.43 bits per heavy atom. The number of ether oxygens (including phenoxy) is 3. The van der Waals surface area contributed by atoms with E-state index in [2.05, 4.69) is 0 Å². The number of anilines is 1. The van der Waals surface area contributed by atoms with E-state index in [1.165, 1.54) is 30.5 Å². The highest BCUT2D eigenvalue weighted by molar-refractivity contribution is 6.48. The monoisotopic (exact) mass is 790 g/mol. The smallest absolute Gasteiger partial charge is 0.343 e. The van der Waals surface area contributed by atoms with Gasteiger partial charge in [-0.1, -0.05) is 51.1 Å². The SMILES string of the molecule is C[Si](C)OC(C1C[N+]([O-])(c2ccc(OCC3(O)CCN(c4cc5c(cc4F)c(=O)c(C(=O)OCc4ccccc4)cn5C4CC4)CC3)c(F)c2)CO1)C(C)(C)C. The fraction of sp³-hybridized carbons (Fsp3) is 0.476. The van der Waals surface area contributed by atoms with E-state index in [4.69, 9.17) is 18.6 Å². The average Bonchev–Trinajstić information content (AvgIpc) is 3.93. The van der Waals surface area contributed by atoms with Gasteiger partial charge in [-0.2, -0.15) is 0 Å². The molecule has 7 rings (SSSR count). The minimum absolute atomic E-state index is 0.00727. The van der Waals surface area contributed by atoms with Crippen LogP contribution in [0, 0.1) is 22.3 Å². The summed E-state index contributed by atoms with van der Waals surface area (Å²) in [6.07, 6.45) is 2.95. The maximum atomic E-state index is 15.8. The normalized spacial score (nSPS) is 21.8. The molecule has 1 radical (unpaired) electrons. The quantitative estimate of drug-likeness (QED) is 0.0686. The molecule has 3 heterocycles. The van der Waals surface area contributed by atoms with Crippen LogP contribution in [0.3, 0.4) is 0 Å². The Morgan fingerprint density at radius 2 is 1.79 bits per heavy atom. The van der Waals surface area contributed by atoms with E-state index < -0.39 is 48.4 Å². The third kappa shape index (κ3) is 8.55. The second kappa shape index (κ2) is 15.6.